The summed E-state index contributed by atoms with van der Waals surface area (Å²) in [7, 11) is 0. The first kappa shape index (κ1) is 11.7. The summed E-state index contributed by atoms with van der Waals surface area (Å²) in [6.45, 7) is 0. The first-order valence-corrected chi connectivity index (χ1v) is 6.50. The Hall–Kier alpha value is -2.34. The summed E-state index contributed by atoms with van der Waals surface area (Å²) in [5.74, 6) is 0. The lowest BCUT2D eigenvalue weighted by Gasteiger charge is -1.97. The van der Waals surface area contributed by atoms with Gasteiger partial charge in [-0.05, 0) is 6.07 Å². The Balaban J connectivity index is 2.22. The van der Waals surface area contributed by atoms with E-state index in [2.05, 4.69) is 9.98 Å². The molecule has 1 aliphatic heterocycles. The van der Waals surface area contributed by atoms with Crippen molar-refractivity contribution >= 4 is 35.5 Å². The average molecular weight is 271 g/mol. The number of aromatic nitrogens is 1. The molecule has 0 atom stereocenters. The second kappa shape index (κ2) is 4.74. The van der Waals surface area contributed by atoms with Crippen LogP contribution in [0.25, 0.3) is 22.8 Å². The molecule has 0 fully saturated rings. The van der Waals surface area contributed by atoms with Crippen LogP contribution in [0.3, 0.4) is 0 Å². The van der Waals surface area contributed by atoms with Crippen molar-refractivity contribution in [2.45, 2.75) is 6.42 Å². The van der Waals surface area contributed by atoms with Crippen LogP contribution in [0.5, 0.6) is 0 Å². The molecule has 0 radical (unpaired) electrons. The summed E-state index contributed by atoms with van der Waals surface area (Å²) in [5, 5.41) is 12.5. The molecule has 1 aromatic carbocycles. The number of thiazole rings is 1. The molecular formula is C13H9N3O2S. The number of benzene rings is 1. The quantitative estimate of drug-likeness (QED) is 0.617. The summed E-state index contributed by atoms with van der Waals surface area (Å²) in [6.07, 6.45) is 6.27. The van der Waals surface area contributed by atoms with Crippen molar-refractivity contribution in [3.8, 4) is 10.6 Å². The molecule has 3 rings (SSSR count). The maximum Gasteiger partial charge on any atom is 0.279 e. The van der Waals surface area contributed by atoms with E-state index in [-0.39, 0.29) is 10.6 Å². The van der Waals surface area contributed by atoms with Crippen LogP contribution in [0, 0.1) is 10.1 Å². The van der Waals surface area contributed by atoms with Crippen LogP contribution in [-0.4, -0.2) is 16.1 Å². The van der Waals surface area contributed by atoms with Crippen molar-refractivity contribution in [2.24, 2.45) is 4.99 Å². The Morgan fingerprint density at radius 1 is 1.32 bits per heavy atom. The number of hydrogen-bond donors (Lipinski definition) is 0. The number of nitrogens with zero attached hydrogens (tertiary/aromatic N) is 3. The minimum absolute atomic E-state index is 0.0786. The molecular weight excluding hydrogens is 262 g/mol. The number of rotatable bonds is 2. The lowest BCUT2D eigenvalue weighted by atomic mass is 10.2. The Morgan fingerprint density at radius 2 is 2.16 bits per heavy atom. The summed E-state index contributed by atoms with van der Waals surface area (Å²) < 4.78 is 1.01. The molecule has 1 aromatic heterocycles. The molecule has 0 spiro atoms. The largest absolute Gasteiger partial charge is 0.279 e. The van der Waals surface area contributed by atoms with Crippen molar-refractivity contribution in [1.29, 1.82) is 0 Å². The SMILES string of the molecule is O=[N+]([O-])c1ccccc1-c1nc2c(s1)=CCC=NC=2. The molecule has 2 heterocycles. The normalized spacial score (nSPS) is 13.1. The van der Waals surface area contributed by atoms with Gasteiger partial charge in [-0.2, -0.15) is 0 Å². The highest BCUT2D eigenvalue weighted by atomic mass is 32.1. The minimum Gasteiger partial charge on any atom is -0.266 e. The van der Waals surface area contributed by atoms with Gasteiger partial charge in [-0.15, -0.1) is 11.3 Å². The Morgan fingerprint density at radius 3 is 3.00 bits per heavy atom. The second-order valence-corrected chi connectivity index (χ2v) is 4.97. The van der Waals surface area contributed by atoms with Crippen LogP contribution >= 0.6 is 11.3 Å². The maximum atomic E-state index is 11.0. The number of nitro groups is 1. The Labute approximate surface area is 112 Å². The third-order valence-electron chi connectivity index (χ3n) is 2.72. The Bertz CT molecular complexity index is 792. The van der Waals surface area contributed by atoms with E-state index in [1.807, 2.05) is 6.08 Å². The molecule has 0 unspecified atom stereocenters. The number of nitro benzene ring substituents is 1. The van der Waals surface area contributed by atoms with Gasteiger partial charge in [-0.1, -0.05) is 18.2 Å². The van der Waals surface area contributed by atoms with Gasteiger partial charge < -0.3 is 0 Å². The van der Waals surface area contributed by atoms with E-state index in [1.165, 1.54) is 17.4 Å². The van der Waals surface area contributed by atoms with Crippen molar-refractivity contribution in [3.63, 3.8) is 0 Å². The van der Waals surface area contributed by atoms with E-state index in [4.69, 9.17) is 0 Å². The predicted octanol–water partition coefficient (Wildman–Crippen LogP) is 1.71. The standard InChI is InChI=1S/C13H9N3O2S/c17-16(18)11-5-2-1-4-9(11)13-15-10-8-14-7-3-6-12(10)19-13/h1-2,4-8H,3H2. The monoisotopic (exact) mass is 271 g/mol. The average Bonchev–Trinajstić information content (AvgIpc) is 2.70. The van der Waals surface area contributed by atoms with Crippen molar-refractivity contribution in [2.75, 3.05) is 0 Å². The van der Waals surface area contributed by atoms with E-state index in [9.17, 15) is 10.1 Å². The summed E-state index contributed by atoms with van der Waals surface area (Å²) in [6, 6.07) is 6.65. The lowest BCUT2D eigenvalue weighted by molar-refractivity contribution is -0.384. The molecule has 0 saturated heterocycles. The van der Waals surface area contributed by atoms with Gasteiger partial charge in [0.25, 0.3) is 5.69 Å². The summed E-state index contributed by atoms with van der Waals surface area (Å²) in [5.41, 5.74) is 0.631. The molecule has 0 bridgehead atoms. The van der Waals surface area contributed by atoms with Gasteiger partial charge in [-0.25, -0.2) is 4.98 Å². The van der Waals surface area contributed by atoms with Crippen molar-refractivity contribution in [3.05, 3.63) is 44.3 Å². The van der Waals surface area contributed by atoms with Gasteiger partial charge in [0.2, 0.25) is 0 Å². The zero-order chi connectivity index (χ0) is 13.2. The van der Waals surface area contributed by atoms with Crippen LogP contribution in [0.4, 0.5) is 5.69 Å². The second-order valence-electron chi connectivity index (χ2n) is 3.94. The molecule has 0 amide bonds. The van der Waals surface area contributed by atoms with Crippen LogP contribution in [0.15, 0.2) is 29.3 Å². The first-order chi connectivity index (χ1) is 9.25. The smallest absolute Gasteiger partial charge is 0.266 e. The fraction of sp³-hybridized carbons (Fsp3) is 0.0769. The zero-order valence-electron chi connectivity index (χ0n) is 9.81. The minimum atomic E-state index is -0.381. The number of hydrogen-bond acceptors (Lipinski definition) is 5. The molecule has 0 N–H and O–H groups in total. The number of fused-ring (bicyclic) bond motifs is 1. The third kappa shape index (κ3) is 2.17. The zero-order valence-corrected chi connectivity index (χ0v) is 10.6. The van der Waals surface area contributed by atoms with Crippen LogP contribution in [0.2, 0.25) is 0 Å². The molecule has 0 saturated carbocycles. The molecule has 19 heavy (non-hydrogen) atoms. The van der Waals surface area contributed by atoms with Gasteiger partial charge in [0, 0.05) is 18.7 Å². The maximum absolute atomic E-state index is 11.0. The predicted molar refractivity (Wildman–Crippen MR) is 75.5 cm³/mol. The molecule has 1 aliphatic rings. The van der Waals surface area contributed by atoms with Gasteiger partial charge in [0.15, 0.2) is 0 Å². The van der Waals surface area contributed by atoms with E-state index in [0.717, 1.165) is 16.3 Å². The van der Waals surface area contributed by atoms with Crippen molar-refractivity contribution in [1.82, 2.24) is 4.98 Å². The van der Waals surface area contributed by atoms with E-state index >= 15 is 0 Å². The lowest BCUT2D eigenvalue weighted by Crippen LogP contribution is -2.19. The highest BCUT2D eigenvalue weighted by Gasteiger charge is 2.16. The molecule has 0 aliphatic carbocycles. The van der Waals surface area contributed by atoms with E-state index in [0.29, 0.717) is 10.6 Å². The van der Waals surface area contributed by atoms with Crippen LogP contribution < -0.4 is 9.88 Å². The fourth-order valence-corrected chi connectivity index (χ4v) is 2.87. The number of para-hydroxylation sites is 1. The molecule has 5 nitrogen and oxygen atoms in total. The number of aliphatic imine (C=N–C) groups is 1. The van der Waals surface area contributed by atoms with Crippen LogP contribution in [-0.2, 0) is 0 Å². The van der Waals surface area contributed by atoms with Gasteiger partial charge >= 0.3 is 0 Å². The Kier molecular flexibility index (Phi) is 2.92. The van der Waals surface area contributed by atoms with Gasteiger partial charge in [0.1, 0.15) is 5.01 Å². The van der Waals surface area contributed by atoms with Gasteiger partial charge in [0.05, 0.1) is 26.6 Å². The van der Waals surface area contributed by atoms with E-state index in [1.54, 1.807) is 30.6 Å². The summed E-state index contributed by atoms with van der Waals surface area (Å²) in [4.78, 5) is 19.2. The third-order valence-corrected chi connectivity index (χ3v) is 3.82. The highest BCUT2D eigenvalue weighted by molar-refractivity contribution is 7.13. The van der Waals surface area contributed by atoms with Crippen molar-refractivity contribution < 1.29 is 4.92 Å². The van der Waals surface area contributed by atoms with E-state index < -0.39 is 0 Å². The molecule has 6 heteroatoms. The fourth-order valence-electron chi connectivity index (χ4n) is 1.86. The summed E-state index contributed by atoms with van der Waals surface area (Å²) >= 11 is 1.45. The first-order valence-electron chi connectivity index (χ1n) is 5.68. The molecule has 94 valence electrons. The topological polar surface area (TPSA) is 68.4 Å². The van der Waals surface area contributed by atoms with Gasteiger partial charge in [-0.3, -0.25) is 15.1 Å². The van der Waals surface area contributed by atoms with Crippen LogP contribution in [0.1, 0.15) is 6.42 Å². The molecule has 2 aromatic rings. The highest BCUT2D eigenvalue weighted by Crippen LogP contribution is 2.28.